The van der Waals surface area contributed by atoms with E-state index in [0.717, 1.165) is 40.4 Å². The number of carbonyl (C=O) groups excluding carboxylic acids is 2. The van der Waals surface area contributed by atoms with Crippen LogP contribution in [-0.2, 0) is 17.6 Å². The van der Waals surface area contributed by atoms with Gasteiger partial charge in [0.25, 0.3) is 11.8 Å². The summed E-state index contributed by atoms with van der Waals surface area (Å²) in [5, 5.41) is 7.71. The molecule has 184 valence electrons. The number of carbonyl (C=O) groups is 2. The van der Waals surface area contributed by atoms with Crippen molar-refractivity contribution in [2.75, 3.05) is 24.4 Å². The number of anilines is 2. The molecule has 0 aliphatic heterocycles. The molecule has 0 unspecified atom stereocenters. The maximum atomic E-state index is 13.3. The molecule has 36 heavy (non-hydrogen) atoms. The number of ether oxygens (including phenoxy) is 2. The molecule has 0 atom stereocenters. The second-order valence-electron chi connectivity index (χ2n) is 8.35. The standard InChI is InChI=1S/C30H30N2O4/c1-4-20-13-10-14-21(5-2)29(20)32-28(33)19-36-27-18-23-12-7-6-11-22(23)17-24(27)30(34)31-25-15-8-9-16-26(25)35-3/h6-18H,4-5,19H2,1-3H3,(H,31,34)(H,32,33). The van der Waals surface area contributed by atoms with Crippen molar-refractivity contribution < 1.29 is 19.1 Å². The molecular weight excluding hydrogens is 452 g/mol. The van der Waals surface area contributed by atoms with Gasteiger partial charge in [-0.1, -0.05) is 68.4 Å². The number of rotatable bonds is 9. The highest BCUT2D eigenvalue weighted by Crippen LogP contribution is 2.29. The minimum Gasteiger partial charge on any atom is -0.495 e. The van der Waals surface area contributed by atoms with Gasteiger partial charge < -0.3 is 20.1 Å². The summed E-state index contributed by atoms with van der Waals surface area (Å²) in [5.41, 5.74) is 3.86. The highest BCUT2D eigenvalue weighted by Gasteiger charge is 2.18. The first-order valence-corrected chi connectivity index (χ1v) is 12.0. The summed E-state index contributed by atoms with van der Waals surface area (Å²) in [6.07, 6.45) is 1.62. The normalized spacial score (nSPS) is 10.6. The Labute approximate surface area is 211 Å². The minimum atomic E-state index is -0.356. The van der Waals surface area contributed by atoms with Gasteiger partial charge in [-0.15, -0.1) is 0 Å². The Balaban J connectivity index is 1.59. The van der Waals surface area contributed by atoms with E-state index in [1.165, 1.54) is 0 Å². The summed E-state index contributed by atoms with van der Waals surface area (Å²) < 4.78 is 11.3. The van der Waals surface area contributed by atoms with E-state index in [4.69, 9.17) is 9.47 Å². The fraction of sp³-hybridized carbons (Fsp3) is 0.200. The number of benzene rings is 4. The predicted octanol–water partition coefficient (Wildman–Crippen LogP) is 6.24. The van der Waals surface area contributed by atoms with Crippen LogP contribution >= 0.6 is 0 Å². The largest absolute Gasteiger partial charge is 0.495 e. The van der Waals surface area contributed by atoms with Gasteiger partial charge in [0.1, 0.15) is 11.5 Å². The van der Waals surface area contributed by atoms with Crippen molar-refractivity contribution in [3.63, 3.8) is 0 Å². The lowest BCUT2D eigenvalue weighted by Crippen LogP contribution is -2.23. The summed E-state index contributed by atoms with van der Waals surface area (Å²) in [4.78, 5) is 26.2. The van der Waals surface area contributed by atoms with Crippen LogP contribution in [0.1, 0.15) is 35.3 Å². The molecule has 4 aromatic rings. The number of hydrogen-bond acceptors (Lipinski definition) is 4. The smallest absolute Gasteiger partial charge is 0.262 e. The van der Waals surface area contributed by atoms with Gasteiger partial charge in [0, 0.05) is 5.69 Å². The first kappa shape index (κ1) is 24.8. The molecule has 0 radical (unpaired) electrons. The Morgan fingerprint density at radius 1 is 0.750 bits per heavy atom. The van der Waals surface area contributed by atoms with E-state index in [0.29, 0.717) is 22.7 Å². The van der Waals surface area contributed by atoms with Crippen molar-refractivity contribution >= 4 is 34.0 Å². The third kappa shape index (κ3) is 5.49. The fourth-order valence-corrected chi connectivity index (χ4v) is 4.18. The van der Waals surface area contributed by atoms with E-state index < -0.39 is 0 Å². The lowest BCUT2D eigenvalue weighted by atomic mass is 10.0. The van der Waals surface area contributed by atoms with Crippen molar-refractivity contribution in [2.24, 2.45) is 0 Å². The van der Waals surface area contributed by atoms with Gasteiger partial charge in [-0.2, -0.15) is 0 Å². The molecule has 2 N–H and O–H groups in total. The van der Waals surface area contributed by atoms with Crippen LogP contribution < -0.4 is 20.1 Å². The molecule has 0 fully saturated rings. The quantitative estimate of drug-likeness (QED) is 0.296. The Morgan fingerprint density at radius 3 is 2.06 bits per heavy atom. The maximum absolute atomic E-state index is 13.3. The zero-order valence-corrected chi connectivity index (χ0v) is 20.8. The molecule has 2 amide bonds. The Morgan fingerprint density at radius 2 is 1.39 bits per heavy atom. The van der Waals surface area contributed by atoms with Crippen LogP contribution in [0.25, 0.3) is 10.8 Å². The van der Waals surface area contributed by atoms with Crippen LogP contribution in [0.15, 0.2) is 78.9 Å². The summed E-state index contributed by atoms with van der Waals surface area (Å²) in [5.74, 6) is 0.241. The van der Waals surface area contributed by atoms with Crippen LogP contribution in [0, 0.1) is 0 Å². The average molecular weight is 483 g/mol. The number of methoxy groups -OCH3 is 1. The van der Waals surface area contributed by atoms with Gasteiger partial charge in [0.2, 0.25) is 0 Å². The van der Waals surface area contributed by atoms with Crippen LogP contribution in [0.5, 0.6) is 11.5 Å². The van der Waals surface area contributed by atoms with Crippen molar-refractivity contribution in [1.82, 2.24) is 0 Å². The summed E-state index contributed by atoms with van der Waals surface area (Å²) in [6, 6.07) is 24.5. The second kappa shape index (κ2) is 11.4. The SMILES string of the molecule is CCc1cccc(CC)c1NC(=O)COc1cc2ccccc2cc1C(=O)Nc1ccccc1OC. The Kier molecular flexibility index (Phi) is 7.85. The Bertz CT molecular complexity index is 1370. The third-order valence-corrected chi connectivity index (χ3v) is 6.07. The number of nitrogens with one attached hydrogen (secondary N) is 2. The van der Waals surface area contributed by atoms with Gasteiger partial charge in [-0.05, 0) is 59.0 Å². The van der Waals surface area contributed by atoms with E-state index in [-0.39, 0.29) is 18.4 Å². The molecule has 6 nitrogen and oxygen atoms in total. The van der Waals surface area contributed by atoms with Gasteiger partial charge in [0.05, 0.1) is 18.4 Å². The molecule has 0 saturated heterocycles. The molecule has 0 aromatic heterocycles. The zero-order chi connectivity index (χ0) is 25.5. The lowest BCUT2D eigenvalue weighted by Gasteiger charge is -2.16. The molecule has 0 spiro atoms. The summed E-state index contributed by atoms with van der Waals surface area (Å²) >= 11 is 0. The topological polar surface area (TPSA) is 76.7 Å². The van der Waals surface area contributed by atoms with Gasteiger partial charge >= 0.3 is 0 Å². The van der Waals surface area contributed by atoms with E-state index in [1.807, 2.05) is 54.6 Å². The number of hydrogen-bond donors (Lipinski definition) is 2. The predicted molar refractivity (Wildman–Crippen MR) is 144 cm³/mol. The number of para-hydroxylation sites is 3. The lowest BCUT2D eigenvalue weighted by molar-refractivity contribution is -0.118. The van der Waals surface area contributed by atoms with Gasteiger partial charge in [-0.25, -0.2) is 0 Å². The molecule has 0 aliphatic rings. The third-order valence-electron chi connectivity index (χ3n) is 6.07. The molecule has 4 rings (SSSR count). The van der Waals surface area contributed by atoms with Gasteiger partial charge in [-0.3, -0.25) is 9.59 Å². The average Bonchev–Trinajstić information content (AvgIpc) is 2.91. The molecular formula is C30H30N2O4. The van der Waals surface area contributed by atoms with Crippen LogP contribution in [-0.4, -0.2) is 25.5 Å². The van der Waals surface area contributed by atoms with Crippen molar-refractivity contribution in [1.29, 1.82) is 0 Å². The first-order valence-electron chi connectivity index (χ1n) is 12.0. The van der Waals surface area contributed by atoms with Crippen molar-refractivity contribution in [3.8, 4) is 11.5 Å². The summed E-state index contributed by atoms with van der Waals surface area (Å²) in [7, 11) is 1.55. The monoisotopic (exact) mass is 482 g/mol. The zero-order valence-electron chi connectivity index (χ0n) is 20.8. The number of aryl methyl sites for hydroxylation is 2. The highest BCUT2D eigenvalue weighted by molar-refractivity contribution is 6.09. The van der Waals surface area contributed by atoms with Crippen molar-refractivity contribution in [3.05, 3.63) is 95.6 Å². The fourth-order valence-electron chi connectivity index (χ4n) is 4.18. The minimum absolute atomic E-state index is 0.228. The second-order valence-corrected chi connectivity index (χ2v) is 8.35. The summed E-state index contributed by atoms with van der Waals surface area (Å²) in [6.45, 7) is 3.89. The molecule has 0 heterocycles. The number of amides is 2. The van der Waals surface area contributed by atoms with Crippen LogP contribution in [0.2, 0.25) is 0 Å². The molecule has 4 aromatic carbocycles. The van der Waals surface area contributed by atoms with Gasteiger partial charge in [0.15, 0.2) is 6.61 Å². The molecule has 0 saturated carbocycles. The maximum Gasteiger partial charge on any atom is 0.262 e. The van der Waals surface area contributed by atoms with E-state index in [2.05, 4.69) is 24.5 Å². The Hall–Kier alpha value is -4.32. The van der Waals surface area contributed by atoms with E-state index in [1.54, 1.807) is 31.4 Å². The number of fused-ring (bicyclic) bond motifs is 1. The van der Waals surface area contributed by atoms with Crippen molar-refractivity contribution in [2.45, 2.75) is 26.7 Å². The van der Waals surface area contributed by atoms with Crippen LogP contribution in [0.4, 0.5) is 11.4 Å². The van der Waals surface area contributed by atoms with E-state index >= 15 is 0 Å². The van der Waals surface area contributed by atoms with Crippen LogP contribution in [0.3, 0.4) is 0 Å². The van der Waals surface area contributed by atoms with E-state index in [9.17, 15) is 9.59 Å². The molecule has 6 heteroatoms. The highest BCUT2D eigenvalue weighted by atomic mass is 16.5. The molecule has 0 aliphatic carbocycles. The first-order chi connectivity index (χ1) is 17.5. The molecule has 0 bridgehead atoms.